The predicted molar refractivity (Wildman–Crippen MR) is 110 cm³/mol. The Morgan fingerprint density at radius 3 is 2.81 bits per heavy atom. The topological polar surface area (TPSA) is 91.3 Å². The number of ether oxygens (including phenoxy) is 2. The van der Waals surface area contributed by atoms with E-state index >= 15 is 0 Å². The summed E-state index contributed by atoms with van der Waals surface area (Å²) in [5, 5.41) is 23.9. The van der Waals surface area contributed by atoms with Gasteiger partial charge in [-0.3, -0.25) is 10.2 Å². The van der Waals surface area contributed by atoms with E-state index in [0.29, 0.717) is 25.9 Å². The third kappa shape index (κ3) is 3.80. The Morgan fingerprint density at radius 2 is 2.06 bits per heavy atom. The van der Waals surface area contributed by atoms with E-state index in [0.717, 1.165) is 5.75 Å². The Morgan fingerprint density at radius 1 is 1.28 bits per heavy atom. The van der Waals surface area contributed by atoms with Crippen LogP contribution in [0.4, 0.5) is 19.3 Å². The molecule has 1 unspecified atom stereocenters. The molecule has 170 valence electrons. The van der Waals surface area contributed by atoms with Crippen LogP contribution in [0.2, 0.25) is 0 Å². The second-order valence-electron chi connectivity index (χ2n) is 8.83. The minimum Gasteiger partial charge on any atom is -0.490 e. The Balaban J connectivity index is 1.24. The van der Waals surface area contributed by atoms with Crippen LogP contribution >= 0.6 is 0 Å². The third-order valence-electron chi connectivity index (χ3n) is 6.60. The maximum atomic E-state index is 14.6. The number of nitrogens with zero attached hydrogens (tertiary/aromatic N) is 1. The summed E-state index contributed by atoms with van der Waals surface area (Å²) in [7, 11) is 0. The number of carbonyl (C=O) groups excluding carboxylic acids is 1. The van der Waals surface area contributed by atoms with E-state index in [4.69, 9.17) is 9.47 Å². The second-order valence-corrected chi connectivity index (χ2v) is 8.83. The Hall–Kier alpha value is -2.75. The molecule has 2 fully saturated rings. The lowest BCUT2D eigenvalue weighted by Gasteiger charge is -2.26. The highest BCUT2D eigenvalue weighted by molar-refractivity contribution is 5.87. The summed E-state index contributed by atoms with van der Waals surface area (Å²) in [4.78, 5) is 13.1. The number of nitrogens with one attached hydrogen (secondary N) is 1. The number of cyclic esters (lactones) is 1. The number of carbonyl (C=O) groups is 1. The Kier molecular flexibility index (Phi) is 5.27. The molecule has 0 spiro atoms. The van der Waals surface area contributed by atoms with Gasteiger partial charge in [-0.1, -0.05) is 18.2 Å². The molecule has 2 aromatic carbocycles. The number of likely N-dealkylation sites (tertiary alicyclic amines) is 1. The summed E-state index contributed by atoms with van der Waals surface area (Å²) >= 11 is 0. The molecule has 32 heavy (non-hydrogen) atoms. The van der Waals surface area contributed by atoms with Crippen molar-refractivity contribution in [3.63, 3.8) is 0 Å². The number of hydrogen-bond acceptors (Lipinski definition) is 6. The van der Waals surface area contributed by atoms with Gasteiger partial charge in [0.25, 0.3) is 0 Å². The van der Waals surface area contributed by atoms with Crippen LogP contribution in [0.25, 0.3) is 0 Å². The van der Waals surface area contributed by atoms with Crippen molar-refractivity contribution in [3.8, 4) is 5.75 Å². The number of anilines is 1. The largest absolute Gasteiger partial charge is 0.490 e. The molecule has 5 rings (SSSR count). The molecule has 3 N–H and O–H groups in total. The zero-order valence-electron chi connectivity index (χ0n) is 17.3. The van der Waals surface area contributed by atoms with E-state index in [-0.39, 0.29) is 42.0 Å². The fraction of sp³-hybridized carbons (Fsp3) is 0.435. The van der Waals surface area contributed by atoms with Crippen LogP contribution in [0.15, 0.2) is 36.4 Å². The van der Waals surface area contributed by atoms with E-state index in [2.05, 4.69) is 5.32 Å². The zero-order valence-corrected chi connectivity index (χ0v) is 17.3. The van der Waals surface area contributed by atoms with Crippen LogP contribution in [-0.4, -0.2) is 52.5 Å². The van der Waals surface area contributed by atoms with Crippen LogP contribution in [0.5, 0.6) is 5.75 Å². The highest BCUT2D eigenvalue weighted by atomic mass is 19.2. The molecular formula is C23H24F2N2O5. The third-order valence-corrected chi connectivity index (χ3v) is 6.60. The van der Waals surface area contributed by atoms with Gasteiger partial charge >= 0.3 is 6.09 Å². The van der Waals surface area contributed by atoms with Gasteiger partial charge in [0.05, 0.1) is 17.4 Å². The van der Waals surface area contributed by atoms with Crippen LogP contribution in [0, 0.1) is 17.6 Å². The van der Waals surface area contributed by atoms with Gasteiger partial charge in [-0.2, -0.15) is 0 Å². The average molecular weight is 446 g/mol. The number of fused-ring (bicyclic) bond motifs is 2. The zero-order chi connectivity index (χ0) is 22.5. The van der Waals surface area contributed by atoms with Crippen molar-refractivity contribution in [1.82, 2.24) is 4.90 Å². The van der Waals surface area contributed by atoms with Gasteiger partial charge in [0.15, 0.2) is 11.6 Å². The lowest BCUT2D eigenvalue weighted by molar-refractivity contribution is 0.0177. The lowest BCUT2D eigenvalue weighted by atomic mass is 9.95. The van der Waals surface area contributed by atoms with E-state index in [1.54, 1.807) is 0 Å². The summed E-state index contributed by atoms with van der Waals surface area (Å²) in [5.41, 5.74) is -1.15. The molecule has 0 aromatic heterocycles. The molecule has 2 aliphatic heterocycles. The van der Waals surface area contributed by atoms with Gasteiger partial charge in [-0.15, -0.1) is 0 Å². The lowest BCUT2D eigenvalue weighted by Crippen LogP contribution is -2.36. The van der Waals surface area contributed by atoms with E-state index in [9.17, 15) is 23.8 Å². The number of amides is 1. The molecule has 0 bridgehead atoms. The average Bonchev–Trinajstić information content (AvgIpc) is 3.21. The molecule has 1 saturated carbocycles. The molecule has 1 amide bonds. The van der Waals surface area contributed by atoms with Crippen molar-refractivity contribution in [2.24, 2.45) is 5.92 Å². The summed E-state index contributed by atoms with van der Waals surface area (Å²) in [6.07, 6.45) is -1.10. The number of aliphatic hydroxyl groups excluding tert-OH is 1. The number of para-hydroxylation sites is 1. The summed E-state index contributed by atoms with van der Waals surface area (Å²) < 4.78 is 39.8. The first-order valence-electron chi connectivity index (χ1n) is 10.6. The molecule has 7 nitrogen and oxygen atoms in total. The van der Waals surface area contributed by atoms with Crippen LogP contribution < -0.4 is 10.1 Å². The summed E-state index contributed by atoms with van der Waals surface area (Å²) in [6, 6.07) is 10.8. The van der Waals surface area contributed by atoms with E-state index in [1.165, 1.54) is 6.07 Å². The first-order chi connectivity index (χ1) is 15.3. The van der Waals surface area contributed by atoms with Gasteiger partial charge in [0, 0.05) is 43.1 Å². The van der Waals surface area contributed by atoms with E-state index in [1.807, 2.05) is 35.2 Å². The standard InChI is InChI=1S/C23H24F2N2O5/c24-19-17(6-13-11-31-22(29)26-21(13)20(19)25)18(28)10-27-9-14-7-16(8-23(14,30)12-27)32-15-4-2-1-3-5-15/h1-6,14,16,18,28,30H,7-12H2,(H,26,29)/t14-,16+,18?,23-/m1/s1. The van der Waals surface area contributed by atoms with Gasteiger partial charge < -0.3 is 19.7 Å². The van der Waals surface area contributed by atoms with Gasteiger partial charge in [0.2, 0.25) is 0 Å². The number of β-amino-alcohol motifs (C(OH)–C–C–N with tert-alkyl or cyclic N) is 2. The first kappa shape index (κ1) is 21.1. The van der Waals surface area contributed by atoms with Crippen molar-refractivity contribution in [2.75, 3.05) is 25.0 Å². The Labute approximate surface area is 183 Å². The summed E-state index contributed by atoms with van der Waals surface area (Å²) in [6.45, 7) is 0.686. The van der Waals surface area contributed by atoms with Crippen molar-refractivity contribution in [2.45, 2.75) is 37.3 Å². The number of halogens is 2. The fourth-order valence-electron chi connectivity index (χ4n) is 5.12. The highest BCUT2D eigenvalue weighted by Crippen LogP contribution is 2.43. The van der Waals surface area contributed by atoms with Crippen LogP contribution in [0.1, 0.15) is 30.1 Å². The van der Waals surface area contributed by atoms with Gasteiger partial charge in [-0.05, 0) is 24.6 Å². The van der Waals surface area contributed by atoms with Crippen LogP contribution in [-0.2, 0) is 11.3 Å². The number of benzene rings is 2. The van der Waals surface area contributed by atoms with E-state index < -0.39 is 29.4 Å². The van der Waals surface area contributed by atoms with Crippen molar-refractivity contribution < 1.29 is 33.3 Å². The fourth-order valence-corrected chi connectivity index (χ4v) is 5.12. The van der Waals surface area contributed by atoms with Gasteiger partial charge in [0.1, 0.15) is 18.5 Å². The second kappa shape index (κ2) is 7.99. The molecular weight excluding hydrogens is 422 g/mol. The molecule has 9 heteroatoms. The first-order valence-corrected chi connectivity index (χ1v) is 10.6. The maximum absolute atomic E-state index is 14.6. The van der Waals surface area contributed by atoms with Crippen molar-refractivity contribution in [3.05, 3.63) is 59.2 Å². The molecule has 2 aromatic rings. The predicted octanol–water partition coefficient (Wildman–Crippen LogP) is 2.96. The SMILES string of the molecule is O=C1Nc2c(cc(C(O)CN3C[C@H]4C[C@H](Oc5ccccc5)C[C@@]4(O)C3)c(F)c2F)CO1. The molecule has 2 heterocycles. The molecule has 3 aliphatic rings. The van der Waals surface area contributed by atoms with Crippen molar-refractivity contribution in [1.29, 1.82) is 0 Å². The monoisotopic (exact) mass is 446 g/mol. The molecule has 0 radical (unpaired) electrons. The summed E-state index contributed by atoms with van der Waals surface area (Å²) in [5.74, 6) is -1.69. The maximum Gasteiger partial charge on any atom is 0.412 e. The smallest absolute Gasteiger partial charge is 0.412 e. The molecule has 4 atom stereocenters. The minimum absolute atomic E-state index is 0.0304. The molecule has 1 aliphatic carbocycles. The number of hydrogen-bond donors (Lipinski definition) is 3. The minimum atomic E-state index is -1.30. The van der Waals surface area contributed by atoms with Crippen molar-refractivity contribution >= 4 is 11.8 Å². The van der Waals surface area contributed by atoms with Gasteiger partial charge in [-0.25, -0.2) is 13.6 Å². The Bertz CT molecular complexity index is 1040. The highest BCUT2D eigenvalue weighted by Gasteiger charge is 2.53. The number of rotatable bonds is 5. The normalized spacial score (nSPS) is 27.9. The molecule has 1 saturated heterocycles. The quantitative estimate of drug-likeness (QED) is 0.654. The number of aliphatic hydroxyl groups is 2. The van der Waals surface area contributed by atoms with Crippen LogP contribution in [0.3, 0.4) is 0 Å².